The summed E-state index contributed by atoms with van der Waals surface area (Å²) in [5.41, 5.74) is 2.02. The van der Waals surface area contributed by atoms with Crippen LogP contribution in [0.1, 0.15) is 25.5 Å². The third-order valence-electron chi connectivity index (χ3n) is 3.92. The van der Waals surface area contributed by atoms with E-state index < -0.39 is 9.84 Å². The maximum absolute atomic E-state index is 11.7. The average Bonchev–Trinajstić information content (AvgIpc) is 3.25. The van der Waals surface area contributed by atoms with Gasteiger partial charge in [0, 0.05) is 23.7 Å². The molecule has 0 spiro atoms. The molecule has 2 aromatic rings. The van der Waals surface area contributed by atoms with E-state index in [1.165, 1.54) is 12.8 Å². The summed E-state index contributed by atoms with van der Waals surface area (Å²) in [6.07, 6.45) is 2.49. The number of rotatable bonds is 7. The molecule has 1 aromatic carbocycles. The molecule has 1 fully saturated rings. The van der Waals surface area contributed by atoms with Crippen molar-refractivity contribution in [1.29, 1.82) is 0 Å². The number of fused-ring (bicyclic) bond motifs is 1. The predicted molar refractivity (Wildman–Crippen MR) is 83.9 cm³/mol. The van der Waals surface area contributed by atoms with Gasteiger partial charge in [0.1, 0.15) is 0 Å². The van der Waals surface area contributed by atoms with Crippen LogP contribution in [0.2, 0.25) is 0 Å². The van der Waals surface area contributed by atoms with Crippen LogP contribution in [-0.4, -0.2) is 35.7 Å². The molecule has 0 saturated heterocycles. The zero-order valence-electron chi connectivity index (χ0n) is 12.2. The molecule has 0 unspecified atom stereocenters. The minimum Gasteiger partial charge on any atom is -0.308 e. The number of para-hydroxylation sites is 1. The van der Waals surface area contributed by atoms with Gasteiger partial charge in [-0.3, -0.25) is 4.68 Å². The highest BCUT2D eigenvalue weighted by molar-refractivity contribution is 7.91. The molecule has 1 aliphatic rings. The summed E-state index contributed by atoms with van der Waals surface area (Å²) in [4.78, 5) is 0. The van der Waals surface area contributed by atoms with Crippen LogP contribution in [0.5, 0.6) is 0 Å². The van der Waals surface area contributed by atoms with Gasteiger partial charge in [-0.05, 0) is 18.9 Å². The van der Waals surface area contributed by atoms with Gasteiger partial charge in [0.25, 0.3) is 0 Å². The summed E-state index contributed by atoms with van der Waals surface area (Å²) >= 11 is 0. The minimum absolute atomic E-state index is 0.144. The highest BCUT2D eigenvalue weighted by atomic mass is 32.2. The lowest BCUT2D eigenvalue weighted by Gasteiger charge is -2.03. The molecule has 0 amide bonds. The smallest absolute Gasteiger partial charge is 0.151 e. The largest absolute Gasteiger partial charge is 0.308 e. The second-order valence-electron chi connectivity index (χ2n) is 5.58. The first-order valence-corrected chi connectivity index (χ1v) is 9.29. The van der Waals surface area contributed by atoms with E-state index in [0.29, 0.717) is 12.6 Å². The Labute approximate surface area is 125 Å². The van der Waals surface area contributed by atoms with Crippen molar-refractivity contribution in [3.05, 3.63) is 30.0 Å². The fraction of sp³-hybridized carbons (Fsp3) is 0.533. The van der Waals surface area contributed by atoms with Gasteiger partial charge in [-0.25, -0.2) is 8.42 Å². The van der Waals surface area contributed by atoms with Crippen LogP contribution in [-0.2, 0) is 22.9 Å². The van der Waals surface area contributed by atoms with E-state index >= 15 is 0 Å². The van der Waals surface area contributed by atoms with Crippen LogP contribution in [0, 0.1) is 0 Å². The van der Waals surface area contributed by atoms with Crippen LogP contribution >= 0.6 is 0 Å². The summed E-state index contributed by atoms with van der Waals surface area (Å²) < 4.78 is 25.2. The molecule has 6 heteroatoms. The second-order valence-corrected chi connectivity index (χ2v) is 8.05. The van der Waals surface area contributed by atoms with Gasteiger partial charge in [0.2, 0.25) is 0 Å². The summed E-state index contributed by atoms with van der Waals surface area (Å²) in [5, 5.41) is 9.19. The molecule has 1 heterocycles. The summed E-state index contributed by atoms with van der Waals surface area (Å²) in [6.45, 7) is 2.85. The fourth-order valence-corrected chi connectivity index (χ4v) is 3.14. The molecule has 5 nitrogen and oxygen atoms in total. The van der Waals surface area contributed by atoms with Crippen LogP contribution in [0.4, 0.5) is 0 Å². The summed E-state index contributed by atoms with van der Waals surface area (Å²) in [5.74, 6) is 0.326. The van der Waals surface area contributed by atoms with Crippen LogP contribution in [0.15, 0.2) is 24.3 Å². The zero-order valence-corrected chi connectivity index (χ0v) is 13.1. The number of sulfone groups is 1. The second kappa shape index (κ2) is 5.77. The molecule has 1 aromatic heterocycles. The van der Waals surface area contributed by atoms with Crippen molar-refractivity contribution in [2.45, 2.75) is 38.9 Å². The van der Waals surface area contributed by atoms with Crippen molar-refractivity contribution in [2.75, 3.05) is 11.5 Å². The molecule has 0 aliphatic heterocycles. The Bertz CT molecular complexity index is 732. The van der Waals surface area contributed by atoms with Crippen molar-refractivity contribution in [1.82, 2.24) is 15.1 Å². The van der Waals surface area contributed by atoms with E-state index in [-0.39, 0.29) is 11.5 Å². The van der Waals surface area contributed by atoms with Crippen molar-refractivity contribution < 1.29 is 8.42 Å². The Kier molecular flexibility index (Phi) is 3.99. The molecule has 0 radical (unpaired) electrons. The molecule has 3 rings (SSSR count). The summed E-state index contributed by atoms with van der Waals surface area (Å²) in [6, 6.07) is 8.65. The minimum atomic E-state index is -2.97. The van der Waals surface area contributed by atoms with E-state index in [9.17, 15) is 8.42 Å². The molecule has 0 atom stereocenters. The first kappa shape index (κ1) is 14.5. The van der Waals surface area contributed by atoms with E-state index in [2.05, 4.69) is 16.5 Å². The van der Waals surface area contributed by atoms with E-state index in [4.69, 9.17) is 0 Å². The summed E-state index contributed by atoms with van der Waals surface area (Å²) in [7, 11) is -2.97. The van der Waals surface area contributed by atoms with Gasteiger partial charge in [-0.1, -0.05) is 25.1 Å². The molecule has 0 bridgehead atoms. The number of hydrogen-bond acceptors (Lipinski definition) is 4. The van der Waals surface area contributed by atoms with Crippen LogP contribution in [0.25, 0.3) is 10.9 Å². The highest BCUT2D eigenvalue weighted by Gasteiger charge is 2.21. The number of aromatic nitrogens is 2. The number of nitrogens with zero attached hydrogens (tertiary/aromatic N) is 2. The lowest BCUT2D eigenvalue weighted by atomic mass is 10.2. The van der Waals surface area contributed by atoms with E-state index in [1.54, 1.807) is 6.92 Å². The third-order valence-corrected chi connectivity index (χ3v) is 5.61. The fourth-order valence-electron chi connectivity index (χ4n) is 2.40. The Morgan fingerprint density at radius 2 is 2.10 bits per heavy atom. The zero-order chi connectivity index (χ0) is 14.9. The first-order chi connectivity index (χ1) is 10.1. The Morgan fingerprint density at radius 1 is 1.33 bits per heavy atom. The Morgan fingerprint density at radius 3 is 2.81 bits per heavy atom. The number of aryl methyl sites for hydroxylation is 1. The third kappa shape index (κ3) is 3.44. The lowest BCUT2D eigenvalue weighted by Crippen LogP contribution is -2.17. The number of nitrogens with one attached hydrogen (secondary N) is 1. The normalized spacial score (nSPS) is 15.7. The van der Waals surface area contributed by atoms with Crippen LogP contribution < -0.4 is 5.32 Å². The molecule has 1 aliphatic carbocycles. The van der Waals surface area contributed by atoms with Gasteiger partial charge < -0.3 is 5.32 Å². The maximum Gasteiger partial charge on any atom is 0.151 e. The van der Waals surface area contributed by atoms with Crippen LogP contribution in [0.3, 0.4) is 0 Å². The Hall–Kier alpha value is -1.40. The van der Waals surface area contributed by atoms with Crippen molar-refractivity contribution in [2.24, 2.45) is 0 Å². The SMILES string of the molecule is CCS(=O)(=O)CCn1nc(CNC2CC2)c2ccccc21. The standard InChI is InChI=1S/C15H21N3O2S/c1-2-21(19,20)10-9-18-15-6-4-3-5-13(15)14(17-18)11-16-12-7-8-12/h3-6,12,16H,2,7-11H2,1H3. The molecular formula is C15H21N3O2S. The predicted octanol–water partition coefficient (Wildman–Crippen LogP) is 1.72. The van der Waals surface area contributed by atoms with Gasteiger partial charge in [-0.15, -0.1) is 0 Å². The van der Waals surface area contributed by atoms with Crippen molar-refractivity contribution >= 4 is 20.7 Å². The molecule has 114 valence electrons. The first-order valence-electron chi connectivity index (χ1n) is 7.47. The Balaban J connectivity index is 1.83. The highest BCUT2D eigenvalue weighted by Crippen LogP contribution is 2.22. The average molecular weight is 307 g/mol. The quantitative estimate of drug-likeness (QED) is 0.846. The molecule has 21 heavy (non-hydrogen) atoms. The van der Waals surface area contributed by atoms with E-state index in [1.807, 2.05) is 22.9 Å². The van der Waals surface area contributed by atoms with Gasteiger partial charge in [-0.2, -0.15) is 5.10 Å². The molecule has 1 N–H and O–H groups in total. The van der Waals surface area contributed by atoms with Gasteiger partial charge in [0.05, 0.1) is 23.5 Å². The molecular weight excluding hydrogens is 286 g/mol. The maximum atomic E-state index is 11.7. The van der Waals surface area contributed by atoms with Crippen molar-refractivity contribution in [3.63, 3.8) is 0 Å². The van der Waals surface area contributed by atoms with Gasteiger partial charge >= 0.3 is 0 Å². The van der Waals surface area contributed by atoms with Gasteiger partial charge in [0.15, 0.2) is 9.84 Å². The van der Waals surface area contributed by atoms with E-state index in [0.717, 1.165) is 23.1 Å². The van der Waals surface area contributed by atoms with Crippen molar-refractivity contribution in [3.8, 4) is 0 Å². The topological polar surface area (TPSA) is 64.0 Å². The molecule has 1 saturated carbocycles. The number of hydrogen-bond donors (Lipinski definition) is 1. The number of benzene rings is 1. The lowest BCUT2D eigenvalue weighted by molar-refractivity contribution is 0.581. The monoisotopic (exact) mass is 307 g/mol.